The van der Waals surface area contributed by atoms with Crippen molar-refractivity contribution in [3.63, 3.8) is 0 Å². The van der Waals surface area contributed by atoms with E-state index in [-0.39, 0.29) is 23.6 Å². The first-order chi connectivity index (χ1) is 14.7. The van der Waals surface area contributed by atoms with Crippen molar-refractivity contribution < 1.29 is 27.1 Å². The van der Waals surface area contributed by atoms with Crippen molar-refractivity contribution >= 4 is 0 Å². The van der Waals surface area contributed by atoms with Gasteiger partial charge in [0.2, 0.25) is 0 Å². The number of hydrogen-bond donors (Lipinski definition) is 1. The number of alkyl halides is 5. The quantitative estimate of drug-likeness (QED) is 0.509. The van der Waals surface area contributed by atoms with Gasteiger partial charge in [-0.1, -0.05) is 13.8 Å². The minimum Gasteiger partial charge on any atom is -0.386 e. The smallest absolute Gasteiger partial charge is 0.386 e. The summed E-state index contributed by atoms with van der Waals surface area (Å²) >= 11 is 0. The molecule has 2 aromatic rings. The van der Waals surface area contributed by atoms with Gasteiger partial charge in [0.25, 0.3) is 6.43 Å². The molecule has 5 nitrogen and oxygen atoms in total. The minimum atomic E-state index is -4.54. The third kappa shape index (κ3) is 3.74. The molecule has 1 saturated carbocycles. The molecule has 32 heavy (non-hydrogen) atoms. The van der Waals surface area contributed by atoms with Crippen molar-refractivity contribution in [2.24, 2.45) is 5.92 Å². The van der Waals surface area contributed by atoms with Crippen molar-refractivity contribution in [1.82, 2.24) is 19.6 Å². The van der Waals surface area contributed by atoms with Gasteiger partial charge >= 0.3 is 6.18 Å². The number of aliphatic hydroxyl groups is 1. The molecule has 2 aromatic heterocycles. The molecule has 0 saturated heterocycles. The Morgan fingerprint density at radius 3 is 2.34 bits per heavy atom. The van der Waals surface area contributed by atoms with Gasteiger partial charge in [0.05, 0.1) is 5.69 Å². The van der Waals surface area contributed by atoms with Gasteiger partial charge in [0, 0.05) is 28.8 Å². The van der Waals surface area contributed by atoms with Crippen LogP contribution in [-0.4, -0.2) is 24.7 Å². The van der Waals surface area contributed by atoms with Crippen LogP contribution >= 0.6 is 0 Å². The van der Waals surface area contributed by atoms with E-state index >= 15 is 0 Å². The summed E-state index contributed by atoms with van der Waals surface area (Å²) in [5.41, 5.74) is -0.409. The SMILES string of the molecule is CC(C)n1nc(C(F)(F)F)cc1C(C)(C)CCC(C)n1nc2c(c1C(F)F)C1CC1C2O. The lowest BCUT2D eigenvalue weighted by molar-refractivity contribution is -0.141. The fourth-order valence-electron chi connectivity index (χ4n) is 4.98. The van der Waals surface area contributed by atoms with Crippen LogP contribution in [0.4, 0.5) is 22.0 Å². The summed E-state index contributed by atoms with van der Waals surface area (Å²) < 4.78 is 70.3. The van der Waals surface area contributed by atoms with E-state index in [1.54, 1.807) is 20.8 Å². The Morgan fingerprint density at radius 2 is 1.78 bits per heavy atom. The maximum Gasteiger partial charge on any atom is 0.435 e. The second-order valence-corrected chi connectivity index (χ2v) is 10.1. The summed E-state index contributed by atoms with van der Waals surface area (Å²) in [7, 11) is 0. The van der Waals surface area contributed by atoms with Gasteiger partial charge in [-0.2, -0.15) is 23.4 Å². The largest absolute Gasteiger partial charge is 0.435 e. The lowest BCUT2D eigenvalue weighted by Crippen LogP contribution is -2.25. The third-order valence-corrected chi connectivity index (χ3v) is 6.93. The number of nitrogens with zero attached hydrogens (tertiary/aromatic N) is 4. The Labute approximate surface area is 183 Å². The van der Waals surface area contributed by atoms with Gasteiger partial charge in [0.15, 0.2) is 5.69 Å². The van der Waals surface area contributed by atoms with Gasteiger partial charge in [-0.05, 0) is 57.9 Å². The van der Waals surface area contributed by atoms with Gasteiger partial charge in [0.1, 0.15) is 11.8 Å². The molecule has 1 fully saturated rings. The van der Waals surface area contributed by atoms with Crippen LogP contribution in [0, 0.1) is 5.92 Å². The molecule has 0 bridgehead atoms. The molecule has 2 heterocycles. The van der Waals surface area contributed by atoms with Crippen LogP contribution in [0.3, 0.4) is 0 Å². The normalized spacial score (nSPS) is 23.7. The number of halogens is 5. The average molecular weight is 460 g/mol. The van der Waals surface area contributed by atoms with Gasteiger partial charge in [-0.3, -0.25) is 9.36 Å². The second kappa shape index (κ2) is 7.53. The standard InChI is InChI=1S/C22H29F5N4O/c1-10(2)30-15(9-14(28-30)22(25,26)27)21(4,5)7-6-11(3)31-18(20(23)24)16-12-8-13(12)19(32)17(16)29-31/h9-13,19-20,32H,6-8H2,1-5H3. The molecule has 1 N–H and O–H groups in total. The first kappa shape index (κ1) is 23.2. The van der Waals surface area contributed by atoms with Gasteiger partial charge in [-0.15, -0.1) is 0 Å². The maximum atomic E-state index is 13.9. The summed E-state index contributed by atoms with van der Waals surface area (Å²) in [6.45, 7) is 9.00. The van der Waals surface area contributed by atoms with E-state index < -0.39 is 35.9 Å². The molecule has 178 valence electrons. The van der Waals surface area contributed by atoms with Gasteiger partial charge in [-0.25, -0.2) is 8.78 Å². The Kier molecular flexibility index (Phi) is 5.46. The number of fused-ring (bicyclic) bond motifs is 3. The minimum absolute atomic E-state index is 0.00744. The van der Waals surface area contributed by atoms with Crippen LogP contribution in [0.1, 0.15) is 113 Å². The fourth-order valence-corrected chi connectivity index (χ4v) is 4.98. The molecule has 10 heteroatoms. The highest BCUT2D eigenvalue weighted by atomic mass is 19.4. The van der Waals surface area contributed by atoms with Crippen molar-refractivity contribution in [3.8, 4) is 0 Å². The highest BCUT2D eigenvalue weighted by Crippen LogP contribution is 2.63. The molecular weight excluding hydrogens is 431 g/mol. The lowest BCUT2D eigenvalue weighted by Gasteiger charge is -2.29. The molecule has 4 atom stereocenters. The Morgan fingerprint density at radius 1 is 1.12 bits per heavy atom. The average Bonchev–Trinajstić information content (AvgIpc) is 3.05. The molecule has 4 rings (SSSR count). The topological polar surface area (TPSA) is 55.9 Å². The number of rotatable bonds is 7. The monoisotopic (exact) mass is 460 g/mol. The van der Waals surface area contributed by atoms with Crippen LogP contribution in [0.2, 0.25) is 0 Å². The lowest BCUT2D eigenvalue weighted by atomic mass is 9.82. The molecule has 0 radical (unpaired) electrons. The summed E-state index contributed by atoms with van der Waals surface area (Å²) in [5.74, 6) is -0.0318. The van der Waals surface area contributed by atoms with E-state index in [0.29, 0.717) is 36.2 Å². The van der Waals surface area contributed by atoms with E-state index in [2.05, 4.69) is 10.2 Å². The van der Waals surface area contributed by atoms with Crippen molar-refractivity contribution in [2.45, 2.75) is 96.0 Å². The Balaban J connectivity index is 1.57. The van der Waals surface area contributed by atoms with Crippen molar-refractivity contribution in [2.75, 3.05) is 0 Å². The first-order valence-corrected chi connectivity index (χ1v) is 11.0. The van der Waals surface area contributed by atoms with Crippen LogP contribution < -0.4 is 0 Å². The number of aromatic nitrogens is 4. The van der Waals surface area contributed by atoms with Crippen LogP contribution in [0.5, 0.6) is 0 Å². The Bertz CT molecular complexity index is 1010. The van der Waals surface area contributed by atoms with Crippen molar-refractivity contribution in [3.05, 3.63) is 34.4 Å². The summed E-state index contributed by atoms with van der Waals surface area (Å²) in [6, 6.07) is 0.428. The zero-order valence-corrected chi connectivity index (χ0v) is 18.8. The molecular formula is C22H29F5N4O. The molecule has 2 aliphatic carbocycles. The zero-order chi connectivity index (χ0) is 23.7. The summed E-state index contributed by atoms with van der Waals surface area (Å²) in [5, 5.41) is 18.5. The van der Waals surface area contributed by atoms with E-state index in [1.165, 1.54) is 9.36 Å². The molecule has 0 aliphatic heterocycles. The Hall–Kier alpha value is -1.97. The van der Waals surface area contributed by atoms with E-state index in [0.717, 1.165) is 6.07 Å². The van der Waals surface area contributed by atoms with Crippen LogP contribution in [-0.2, 0) is 11.6 Å². The third-order valence-electron chi connectivity index (χ3n) is 6.93. The fraction of sp³-hybridized carbons (Fsp3) is 0.727. The van der Waals surface area contributed by atoms with E-state index in [4.69, 9.17) is 0 Å². The summed E-state index contributed by atoms with van der Waals surface area (Å²) in [6.07, 6.45) is -6.44. The molecule has 0 amide bonds. The zero-order valence-electron chi connectivity index (χ0n) is 18.8. The van der Waals surface area contributed by atoms with Crippen molar-refractivity contribution in [1.29, 1.82) is 0 Å². The molecule has 0 spiro atoms. The number of hydrogen-bond acceptors (Lipinski definition) is 3. The summed E-state index contributed by atoms with van der Waals surface area (Å²) in [4.78, 5) is 0. The number of aliphatic hydroxyl groups excluding tert-OH is 1. The van der Waals surface area contributed by atoms with Gasteiger partial charge < -0.3 is 5.11 Å². The van der Waals surface area contributed by atoms with E-state index in [1.807, 2.05) is 13.8 Å². The highest BCUT2D eigenvalue weighted by molar-refractivity contribution is 5.44. The predicted molar refractivity (Wildman–Crippen MR) is 108 cm³/mol. The molecule has 0 aromatic carbocycles. The second-order valence-electron chi connectivity index (χ2n) is 10.1. The molecule has 4 unspecified atom stereocenters. The highest BCUT2D eigenvalue weighted by Gasteiger charge is 2.56. The van der Waals surface area contributed by atoms with Crippen LogP contribution in [0.15, 0.2) is 6.07 Å². The van der Waals surface area contributed by atoms with E-state index in [9.17, 15) is 27.1 Å². The predicted octanol–water partition coefficient (Wildman–Crippen LogP) is 6.09. The first-order valence-electron chi connectivity index (χ1n) is 11.0. The maximum absolute atomic E-state index is 13.9. The molecule has 2 aliphatic rings. The van der Waals surface area contributed by atoms with Crippen LogP contribution in [0.25, 0.3) is 0 Å².